The molecule has 1 N–H and O–H groups in total. The van der Waals surface area contributed by atoms with Crippen LogP contribution in [0.25, 0.3) is 0 Å². The van der Waals surface area contributed by atoms with E-state index >= 15 is 0 Å². The van der Waals surface area contributed by atoms with Gasteiger partial charge >= 0.3 is 0 Å². The van der Waals surface area contributed by atoms with Crippen LogP contribution < -0.4 is 0 Å². The quantitative estimate of drug-likeness (QED) is 0.652. The van der Waals surface area contributed by atoms with Crippen LogP contribution in [0.4, 0.5) is 0 Å². The zero-order chi connectivity index (χ0) is 8.20. The molecule has 0 heterocycles. The van der Waals surface area contributed by atoms with Gasteiger partial charge in [-0.2, -0.15) is 0 Å². The van der Waals surface area contributed by atoms with Gasteiger partial charge in [0.15, 0.2) is 0 Å². The minimum atomic E-state index is -0.178. The molecule has 0 unspecified atom stereocenters. The van der Waals surface area contributed by atoms with E-state index in [0.29, 0.717) is 6.42 Å². The summed E-state index contributed by atoms with van der Waals surface area (Å²) in [6, 6.07) is 0. The van der Waals surface area contributed by atoms with E-state index in [1.807, 2.05) is 27.7 Å². The van der Waals surface area contributed by atoms with Gasteiger partial charge in [-0.25, -0.2) is 0 Å². The molecule has 0 rings (SSSR count). The van der Waals surface area contributed by atoms with E-state index in [0.717, 1.165) is 0 Å². The minimum Gasteiger partial charge on any atom is -0.396 e. The van der Waals surface area contributed by atoms with Crippen molar-refractivity contribution in [2.45, 2.75) is 45.8 Å². The normalized spacial score (nSPS) is 12.6. The highest BCUT2D eigenvalue weighted by Crippen LogP contribution is 2.15. The van der Waals surface area contributed by atoms with E-state index in [1.54, 1.807) is 0 Å². The Bertz CT molecular complexity index is 87.3. The fraction of sp³-hybridized carbons (Fsp3) is 1.00. The van der Waals surface area contributed by atoms with Gasteiger partial charge in [0.2, 0.25) is 0 Å². The number of aliphatic hydroxyl groups is 1. The van der Waals surface area contributed by atoms with Gasteiger partial charge in [0.05, 0.1) is 11.7 Å². The molecular weight excluding hydrogens is 128 g/mol. The molecular formula is C8H18O2. The highest BCUT2D eigenvalue weighted by Gasteiger charge is 2.18. The van der Waals surface area contributed by atoms with Crippen molar-refractivity contribution < 1.29 is 9.84 Å². The zero-order valence-electron chi connectivity index (χ0n) is 7.35. The summed E-state index contributed by atoms with van der Waals surface area (Å²) in [5.41, 5.74) is -0.178. The van der Waals surface area contributed by atoms with Gasteiger partial charge in [0, 0.05) is 6.61 Å². The first-order valence-electron chi connectivity index (χ1n) is 3.76. The maximum absolute atomic E-state index is 8.63. The molecule has 0 bridgehead atoms. The second kappa shape index (κ2) is 3.94. The largest absolute Gasteiger partial charge is 0.396 e. The fourth-order valence-corrected chi connectivity index (χ4v) is 0.966. The summed E-state index contributed by atoms with van der Waals surface area (Å²) in [6.07, 6.45) is 0.937. The third-order valence-corrected chi connectivity index (χ3v) is 1.27. The van der Waals surface area contributed by atoms with Gasteiger partial charge in [-0.1, -0.05) is 0 Å². The van der Waals surface area contributed by atoms with Gasteiger partial charge in [0.1, 0.15) is 0 Å². The van der Waals surface area contributed by atoms with Crippen LogP contribution in [0.15, 0.2) is 0 Å². The Morgan fingerprint density at radius 3 is 2.20 bits per heavy atom. The highest BCUT2D eigenvalue weighted by molar-refractivity contribution is 4.68. The average molecular weight is 146 g/mol. The molecule has 0 saturated heterocycles. The van der Waals surface area contributed by atoms with Crippen LogP contribution in [0.5, 0.6) is 0 Å². The molecule has 0 aromatic carbocycles. The summed E-state index contributed by atoms with van der Waals surface area (Å²) in [7, 11) is 0. The molecule has 2 nitrogen and oxygen atoms in total. The third kappa shape index (κ3) is 4.77. The Hall–Kier alpha value is -0.0800. The minimum absolute atomic E-state index is 0.178. The van der Waals surface area contributed by atoms with Crippen molar-refractivity contribution in [1.29, 1.82) is 0 Å². The van der Waals surface area contributed by atoms with Crippen LogP contribution in [0.1, 0.15) is 34.1 Å². The lowest BCUT2D eigenvalue weighted by Crippen LogP contribution is -2.29. The molecule has 0 spiro atoms. The molecule has 62 valence electrons. The van der Waals surface area contributed by atoms with E-state index in [1.165, 1.54) is 0 Å². The molecule has 0 aromatic heterocycles. The Labute approximate surface area is 63.2 Å². The Morgan fingerprint density at radius 2 is 1.90 bits per heavy atom. The number of aliphatic hydroxyl groups excluding tert-OH is 1. The first-order valence-corrected chi connectivity index (χ1v) is 3.76. The first-order chi connectivity index (χ1) is 4.48. The monoisotopic (exact) mass is 146 g/mol. The molecule has 0 aliphatic rings. The number of rotatable bonds is 4. The third-order valence-electron chi connectivity index (χ3n) is 1.27. The zero-order valence-corrected chi connectivity index (χ0v) is 7.35. The Balaban J connectivity index is 3.63. The van der Waals surface area contributed by atoms with Crippen LogP contribution >= 0.6 is 0 Å². The number of hydrogen-bond acceptors (Lipinski definition) is 2. The molecule has 10 heavy (non-hydrogen) atoms. The van der Waals surface area contributed by atoms with Crippen LogP contribution in [-0.4, -0.2) is 23.4 Å². The van der Waals surface area contributed by atoms with Crippen LogP contribution in [0.3, 0.4) is 0 Å². The predicted octanol–water partition coefficient (Wildman–Crippen LogP) is 1.57. The first kappa shape index (κ1) is 9.92. The maximum Gasteiger partial charge on any atom is 0.0651 e. The van der Waals surface area contributed by atoms with Crippen molar-refractivity contribution >= 4 is 0 Å². The van der Waals surface area contributed by atoms with E-state index in [2.05, 4.69) is 0 Å². The standard InChI is InChI=1S/C8H18O2/c1-7(2)10-8(3,4)5-6-9/h7,9H,5-6H2,1-4H3. The molecule has 0 aliphatic heterocycles. The van der Waals surface area contributed by atoms with Gasteiger partial charge in [-0.3, -0.25) is 0 Å². The van der Waals surface area contributed by atoms with Crippen molar-refractivity contribution in [2.75, 3.05) is 6.61 Å². The average Bonchev–Trinajstić information content (AvgIpc) is 1.59. The van der Waals surface area contributed by atoms with Crippen molar-refractivity contribution in [3.8, 4) is 0 Å². The number of ether oxygens (including phenoxy) is 1. The Morgan fingerprint density at radius 1 is 1.40 bits per heavy atom. The molecule has 0 aromatic rings. The van der Waals surface area contributed by atoms with Crippen molar-refractivity contribution in [3.05, 3.63) is 0 Å². The van der Waals surface area contributed by atoms with E-state index < -0.39 is 0 Å². The molecule has 0 aliphatic carbocycles. The SMILES string of the molecule is CC(C)OC(C)(C)CCO. The van der Waals surface area contributed by atoms with Crippen molar-refractivity contribution in [2.24, 2.45) is 0 Å². The molecule has 2 heteroatoms. The summed E-state index contributed by atoms with van der Waals surface area (Å²) in [6.45, 7) is 8.17. The molecule has 0 saturated carbocycles. The molecule has 0 amide bonds. The van der Waals surface area contributed by atoms with Crippen LogP contribution in [0, 0.1) is 0 Å². The van der Waals surface area contributed by atoms with Crippen molar-refractivity contribution in [1.82, 2.24) is 0 Å². The van der Waals surface area contributed by atoms with Crippen molar-refractivity contribution in [3.63, 3.8) is 0 Å². The van der Waals surface area contributed by atoms with Crippen LogP contribution in [0.2, 0.25) is 0 Å². The molecule has 0 fully saturated rings. The van der Waals surface area contributed by atoms with E-state index in [-0.39, 0.29) is 18.3 Å². The Kier molecular flexibility index (Phi) is 3.91. The number of hydrogen-bond donors (Lipinski definition) is 1. The summed E-state index contributed by atoms with van der Waals surface area (Å²) in [5.74, 6) is 0. The topological polar surface area (TPSA) is 29.5 Å². The van der Waals surface area contributed by atoms with Gasteiger partial charge in [-0.15, -0.1) is 0 Å². The lowest BCUT2D eigenvalue weighted by atomic mass is 10.1. The van der Waals surface area contributed by atoms with Gasteiger partial charge in [0.25, 0.3) is 0 Å². The smallest absolute Gasteiger partial charge is 0.0651 e. The maximum atomic E-state index is 8.63. The lowest BCUT2D eigenvalue weighted by Gasteiger charge is -2.26. The van der Waals surface area contributed by atoms with Gasteiger partial charge < -0.3 is 9.84 Å². The van der Waals surface area contributed by atoms with E-state index in [4.69, 9.17) is 9.84 Å². The summed E-state index contributed by atoms with van der Waals surface area (Å²) >= 11 is 0. The van der Waals surface area contributed by atoms with E-state index in [9.17, 15) is 0 Å². The van der Waals surface area contributed by atoms with Gasteiger partial charge in [-0.05, 0) is 34.1 Å². The second-order valence-corrected chi connectivity index (χ2v) is 3.40. The fourth-order valence-electron chi connectivity index (χ4n) is 0.966. The van der Waals surface area contributed by atoms with Crippen LogP contribution in [-0.2, 0) is 4.74 Å². The molecule has 0 radical (unpaired) electrons. The summed E-state index contributed by atoms with van der Waals surface area (Å²) < 4.78 is 5.52. The highest BCUT2D eigenvalue weighted by atomic mass is 16.5. The second-order valence-electron chi connectivity index (χ2n) is 3.40. The summed E-state index contributed by atoms with van der Waals surface area (Å²) in [4.78, 5) is 0. The lowest BCUT2D eigenvalue weighted by molar-refractivity contribution is -0.0670. The molecule has 0 atom stereocenters. The summed E-state index contributed by atoms with van der Waals surface area (Å²) in [5, 5.41) is 8.63. The predicted molar refractivity (Wildman–Crippen MR) is 42.0 cm³/mol.